The second-order valence-electron chi connectivity index (χ2n) is 7.70. The highest BCUT2D eigenvalue weighted by atomic mass is 32.1. The first-order chi connectivity index (χ1) is 12.7. The van der Waals surface area contributed by atoms with E-state index >= 15 is 0 Å². The summed E-state index contributed by atoms with van der Waals surface area (Å²) >= 11 is 1.61. The minimum atomic E-state index is 0.00949. The molecule has 0 radical (unpaired) electrons. The molecule has 3 atom stereocenters. The zero-order chi connectivity index (χ0) is 17.7. The van der Waals surface area contributed by atoms with Crippen molar-refractivity contribution >= 4 is 38.2 Å². The van der Waals surface area contributed by atoms with E-state index in [1.54, 1.807) is 11.3 Å². The molecule has 0 unspecified atom stereocenters. The number of piperidine rings is 1. The van der Waals surface area contributed by atoms with E-state index < -0.39 is 0 Å². The summed E-state index contributed by atoms with van der Waals surface area (Å²) in [7, 11) is 0. The molecule has 1 aromatic heterocycles. The number of rotatable bonds is 3. The molecular weight excluding hydrogens is 346 g/mol. The van der Waals surface area contributed by atoms with Crippen LogP contribution in [0, 0.1) is 0 Å². The third-order valence-electron chi connectivity index (χ3n) is 5.98. The molecule has 0 aliphatic carbocycles. The van der Waals surface area contributed by atoms with Crippen molar-refractivity contribution in [1.29, 1.82) is 0 Å². The lowest BCUT2D eigenvalue weighted by Crippen LogP contribution is -2.42. The van der Waals surface area contributed by atoms with Gasteiger partial charge in [0, 0.05) is 41.4 Å². The Hall–Kier alpha value is -1.92. The SMILES string of the molecule is O=C(N[C@@H]1C[C@H]2CC[C@@H]1N2)c1ccc2cc(N3CCCCC3=O)sc2c1. The van der Waals surface area contributed by atoms with Gasteiger partial charge in [0.25, 0.3) is 5.91 Å². The zero-order valence-corrected chi connectivity index (χ0v) is 15.5. The first-order valence-electron chi connectivity index (χ1n) is 9.58. The normalized spacial score (nSPS) is 28.1. The van der Waals surface area contributed by atoms with Gasteiger partial charge in [-0.15, -0.1) is 11.3 Å². The molecule has 0 spiro atoms. The minimum absolute atomic E-state index is 0.00949. The first kappa shape index (κ1) is 16.3. The number of anilines is 1. The summed E-state index contributed by atoms with van der Waals surface area (Å²) in [6.45, 7) is 0.802. The summed E-state index contributed by atoms with van der Waals surface area (Å²) in [5.74, 6) is 0.222. The quantitative estimate of drug-likeness (QED) is 0.874. The summed E-state index contributed by atoms with van der Waals surface area (Å²) in [6.07, 6.45) is 6.12. The Balaban J connectivity index is 1.36. The fraction of sp³-hybridized carbons (Fsp3) is 0.500. The third kappa shape index (κ3) is 2.81. The Morgan fingerprint density at radius 3 is 2.92 bits per heavy atom. The molecule has 136 valence electrons. The van der Waals surface area contributed by atoms with Gasteiger partial charge in [0.15, 0.2) is 0 Å². The molecule has 1 aromatic carbocycles. The van der Waals surface area contributed by atoms with E-state index in [1.807, 2.05) is 23.1 Å². The maximum absolute atomic E-state index is 12.7. The smallest absolute Gasteiger partial charge is 0.251 e. The molecule has 5 nitrogen and oxygen atoms in total. The van der Waals surface area contributed by atoms with Gasteiger partial charge in [0.1, 0.15) is 0 Å². The monoisotopic (exact) mass is 369 g/mol. The molecule has 26 heavy (non-hydrogen) atoms. The van der Waals surface area contributed by atoms with Crippen LogP contribution in [-0.2, 0) is 4.79 Å². The van der Waals surface area contributed by atoms with Crippen molar-refractivity contribution in [3.63, 3.8) is 0 Å². The van der Waals surface area contributed by atoms with Crippen LogP contribution in [0.2, 0.25) is 0 Å². The first-order valence-corrected chi connectivity index (χ1v) is 10.4. The van der Waals surface area contributed by atoms with Crippen LogP contribution in [0.3, 0.4) is 0 Å². The number of fused-ring (bicyclic) bond motifs is 3. The van der Waals surface area contributed by atoms with Crippen LogP contribution < -0.4 is 15.5 Å². The van der Waals surface area contributed by atoms with Gasteiger partial charge in [0.2, 0.25) is 5.91 Å². The Morgan fingerprint density at radius 1 is 1.23 bits per heavy atom. The van der Waals surface area contributed by atoms with Crippen LogP contribution in [0.25, 0.3) is 10.1 Å². The number of benzene rings is 1. The number of hydrogen-bond donors (Lipinski definition) is 2. The fourth-order valence-corrected chi connectivity index (χ4v) is 5.71. The highest BCUT2D eigenvalue weighted by Crippen LogP contribution is 2.35. The number of thiophene rings is 1. The Kier molecular flexibility index (Phi) is 3.98. The van der Waals surface area contributed by atoms with Gasteiger partial charge in [-0.1, -0.05) is 6.07 Å². The van der Waals surface area contributed by atoms with Crippen molar-refractivity contribution in [2.45, 2.75) is 56.7 Å². The van der Waals surface area contributed by atoms with E-state index in [0.29, 0.717) is 24.1 Å². The summed E-state index contributed by atoms with van der Waals surface area (Å²) in [5, 5.41) is 8.86. The lowest BCUT2D eigenvalue weighted by atomic mass is 9.95. The van der Waals surface area contributed by atoms with Gasteiger partial charge < -0.3 is 15.5 Å². The second-order valence-corrected chi connectivity index (χ2v) is 8.77. The van der Waals surface area contributed by atoms with Gasteiger partial charge in [-0.05, 0) is 55.7 Å². The molecule has 3 fully saturated rings. The van der Waals surface area contributed by atoms with Crippen molar-refractivity contribution in [1.82, 2.24) is 10.6 Å². The van der Waals surface area contributed by atoms with Crippen molar-refractivity contribution in [3.8, 4) is 0 Å². The molecule has 3 saturated heterocycles. The topological polar surface area (TPSA) is 61.4 Å². The lowest BCUT2D eigenvalue weighted by Gasteiger charge is -2.24. The highest BCUT2D eigenvalue weighted by molar-refractivity contribution is 7.23. The molecule has 3 aliphatic heterocycles. The predicted molar refractivity (Wildman–Crippen MR) is 104 cm³/mol. The van der Waals surface area contributed by atoms with Crippen LogP contribution in [0.1, 0.15) is 48.9 Å². The maximum Gasteiger partial charge on any atom is 0.251 e. The minimum Gasteiger partial charge on any atom is -0.348 e. The average Bonchev–Trinajstić information content (AvgIpc) is 3.36. The van der Waals surface area contributed by atoms with E-state index in [9.17, 15) is 9.59 Å². The Labute approximate surface area is 156 Å². The van der Waals surface area contributed by atoms with E-state index in [1.165, 1.54) is 6.42 Å². The Bertz CT molecular complexity index is 877. The molecule has 0 saturated carbocycles. The van der Waals surface area contributed by atoms with Crippen LogP contribution in [0.5, 0.6) is 0 Å². The van der Waals surface area contributed by atoms with Gasteiger partial charge in [0.05, 0.1) is 5.00 Å². The number of carbonyl (C=O) groups excluding carboxylic acids is 2. The summed E-state index contributed by atoms with van der Waals surface area (Å²) < 4.78 is 1.07. The largest absolute Gasteiger partial charge is 0.348 e. The van der Waals surface area contributed by atoms with Crippen LogP contribution >= 0.6 is 11.3 Å². The van der Waals surface area contributed by atoms with E-state index in [-0.39, 0.29) is 17.9 Å². The summed E-state index contributed by atoms with van der Waals surface area (Å²) in [4.78, 5) is 26.7. The number of amides is 2. The van der Waals surface area contributed by atoms with Crippen LogP contribution in [0.15, 0.2) is 24.3 Å². The third-order valence-corrected chi connectivity index (χ3v) is 7.10. The molecule has 2 bridgehead atoms. The second kappa shape index (κ2) is 6.35. The van der Waals surface area contributed by atoms with Crippen molar-refractivity contribution < 1.29 is 9.59 Å². The molecule has 6 heteroatoms. The standard InChI is InChI=1S/C20H23N3O2S/c24-18-3-1-2-8-23(18)19-10-12-4-5-13(9-17(12)26-19)20(25)22-16-11-14-6-7-15(16)21-14/h4-5,9-10,14-16,21H,1-3,6-8,11H2,(H,22,25)/t14-,15+,16-/m1/s1. The fourth-order valence-electron chi connectivity index (χ4n) is 4.57. The van der Waals surface area contributed by atoms with Crippen molar-refractivity contribution in [2.24, 2.45) is 0 Å². The van der Waals surface area contributed by atoms with Crippen molar-refractivity contribution in [3.05, 3.63) is 29.8 Å². The van der Waals surface area contributed by atoms with Crippen LogP contribution in [-0.4, -0.2) is 36.5 Å². The summed E-state index contributed by atoms with van der Waals surface area (Å²) in [6, 6.07) is 9.20. The summed E-state index contributed by atoms with van der Waals surface area (Å²) in [5.41, 5.74) is 0.707. The molecule has 3 aliphatic rings. The van der Waals surface area contributed by atoms with Gasteiger partial charge in [-0.3, -0.25) is 9.59 Å². The number of hydrogen-bond acceptors (Lipinski definition) is 4. The number of nitrogens with zero attached hydrogens (tertiary/aromatic N) is 1. The highest BCUT2D eigenvalue weighted by Gasteiger charge is 2.39. The van der Waals surface area contributed by atoms with E-state index in [4.69, 9.17) is 0 Å². The molecular formula is C20H23N3O2S. The number of carbonyl (C=O) groups is 2. The lowest BCUT2D eigenvalue weighted by molar-refractivity contribution is -0.119. The van der Waals surface area contributed by atoms with E-state index in [2.05, 4.69) is 16.7 Å². The maximum atomic E-state index is 12.7. The van der Waals surface area contributed by atoms with Gasteiger partial charge in [-0.2, -0.15) is 0 Å². The molecule has 2 N–H and O–H groups in total. The van der Waals surface area contributed by atoms with E-state index in [0.717, 1.165) is 47.3 Å². The van der Waals surface area contributed by atoms with Crippen molar-refractivity contribution in [2.75, 3.05) is 11.4 Å². The molecule has 5 rings (SSSR count). The van der Waals surface area contributed by atoms with Gasteiger partial charge in [-0.25, -0.2) is 0 Å². The van der Waals surface area contributed by atoms with Crippen LogP contribution in [0.4, 0.5) is 5.00 Å². The predicted octanol–water partition coefficient (Wildman–Crippen LogP) is 3.04. The average molecular weight is 369 g/mol. The molecule has 2 aromatic rings. The zero-order valence-electron chi connectivity index (χ0n) is 14.7. The molecule has 4 heterocycles. The molecule has 2 amide bonds. The number of nitrogens with one attached hydrogen (secondary N) is 2. The van der Waals surface area contributed by atoms with Gasteiger partial charge >= 0.3 is 0 Å². The Morgan fingerprint density at radius 2 is 2.15 bits per heavy atom.